The molecular weight excluding hydrogens is 426 g/mol. The normalized spacial score (nSPS) is 16.1. The van der Waals surface area contributed by atoms with E-state index in [9.17, 15) is 17.6 Å². The molecule has 9 heteroatoms. The van der Waals surface area contributed by atoms with Gasteiger partial charge in [-0.2, -0.15) is 0 Å². The van der Waals surface area contributed by atoms with E-state index in [4.69, 9.17) is 23.2 Å². The molecule has 150 valence electrons. The minimum atomic E-state index is -3.47. The van der Waals surface area contributed by atoms with E-state index in [0.717, 1.165) is 0 Å². The van der Waals surface area contributed by atoms with Gasteiger partial charge in [0.25, 0.3) is 0 Å². The molecule has 2 aromatic rings. The maximum atomic E-state index is 13.2. The van der Waals surface area contributed by atoms with Crippen molar-refractivity contribution in [1.82, 2.24) is 4.31 Å². The van der Waals surface area contributed by atoms with Gasteiger partial charge in [0.2, 0.25) is 15.9 Å². The Morgan fingerprint density at radius 3 is 2.36 bits per heavy atom. The molecule has 0 atom stereocenters. The topological polar surface area (TPSA) is 66.5 Å². The van der Waals surface area contributed by atoms with Crippen LogP contribution in [0.4, 0.5) is 10.1 Å². The Bertz CT molecular complexity index is 960. The molecule has 0 spiro atoms. The second-order valence-electron chi connectivity index (χ2n) is 6.67. The lowest BCUT2D eigenvalue weighted by Gasteiger charge is -2.30. The van der Waals surface area contributed by atoms with Crippen molar-refractivity contribution in [2.75, 3.05) is 18.4 Å². The number of nitrogens with zero attached hydrogens (tertiary/aromatic N) is 1. The number of hydrogen-bond acceptors (Lipinski definition) is 3. The summed E-state index contributed by atoms with van der Waals surface area (Å²) in [6.45, 7) is 0.552. The highest BCUT2D eigenvalue weighted by molar-refractivity contribution is 7.88. The quantitative estimate of drug-likeness (QED) is 0.746. The summed E-state index contributed by atoms with van der Waals surface area (Å²) in [4.78, 5) is 12.4. The SMILES string of the molecule is O=C(Nc1ccc(F)c(Cl)c1)C1CCN(S(=O)(=O)Cc2ccc(Cl)cc2)CC1. The van der Waals surface area contributed by atoms with Crippen LogP contribution < -0.4 is 5.32 Å². The Kier molecular flexibility index (Phi) is 6.60. The third-order valence-electron chi connectivity index (χ3n) is 4.67. The summed E-state index contributed by atoms with van der Waals surface area (Å²) in [6, 6.07) is 10.7. The van der Waals surface area contributed by atoms with Gasteiger partial charge in [0, 0.05) is 29.7 Å². The highest BCUT2D eigenvalue weighted by atomic mass is 35.5. The molecule has 1 amide bonds. The molecule has 2 aromatic carbocycles. The van der Waals surface area contributed by atoms with Gasteiger partial charge in [0.15, 0.2) is 0 Å². The first kappa shape index (κ1) is 21.0. The molecule has 28 heavy (non-hydrogen) atoms. The van der Waals surface area contributed by atoms with E-state index < -0.39 is 15.8 Å². The molecule has 3 rings (SSSR count). The Balaban J connectivity index is 1.56. The van der Waals surface area contributed by atoms with E-state index in [1.54, 1.807) is 24.3 Å². The van der Waals surface area contributed by atoms with Gasteiger partial charge < -0.3 is 5.32 Å². The van der Waals surface area contributed by atoms with Gasteiger partial charge in [-0.15, -0.1) is 0 Å². The second kappa shape index (κ2) is 8.78. The summed E-state index contributed by atoms with van der Waals surface area (Å²) < 4.78 is 39.9. The summed E-state index contributed by atoms with van der Waals surface area (Å²) in [6.07, 6.45) is 0.835. The molecule has 1 aliphatic rings. The maximum Gasteiger partial charge on any atom is 0.227 e. The van der Waals surface area contributed by atoms with Crippen molar-refractivity contribution >= 4 is 44.8 Å². The Morgan fingerprint density at radius 2 is 1.75 bits per heavy atom. The third kappa shape index (κ3) is 5.23. The molecule has 5 nitrogen and oxygen atoms in total. The van der Waals surface area contributed by atoms with Crippen molar-refractivity contribution in [2.24, 2.45) is 5.92 Å². The first-order valence-corrected chi connectivity index (χ1v) is 11.1. The number of nitrogens with one attached hydrogen (secondary N) is 1. The van der Waals surface area contributed by atoms with Gasteiger partial charge in [-0.05, 0) is 48.7 Å². The molecule has 1 fully saturated rings. The van der Waals surface area contributed by atoms with Crippen molar-refractivity contribution < 1.29 is 17.6 Å². The van der Waals surface area contributed by atoms with Crippen LogP contribution in [0.1, 0.15) is 18.4 Å². The van der Waals surface area contributed by atoms with Crippen LogP contribution in [0.5, 0.6) is 0 Å². The lowest BCUT2D eigenvalue weighted by atomic mass is 9.97. The average Bonchev–Trinajstić information content (AvgIpc) is 2.66. The Labute approximate surface area is 173 Å². The number of hydrogen-bond donors (Lipinski definition) is 1. The highest BCUT2D eigenvalue weighted by Gasteiger charge is 2.31. The van der Waals surface area contributed by atoms with E-state index in [0.29, 0.717) is 29.1 Å². The Hall–Kier alpha value is -1.67. The van der Waals surface area contributed by atoms with Crippen molar-refractivity contribution in [3.63, 3.8) is 0 Å². The summed E-state index contributed by atoms with van der Waals surface area (Å²) in [5, 5.41) is 3.19. The van der Waals surface area contributed by atoms with Crippen LogP contribution in [0.3, 0.4) is 0 Å². The maximum absolute atomic E-state index is 13.2. The molecule has 0 bridgehead atoms. The van der Waals surface area contributed by atoms with Gasteiger partial charge in [-0.1, -0.05) is 35.3 Å². The number of halogens is 3. The number of amides is 1. The van der Waals surface area contributed by atoms with Crippen LogP contribution in [-0.4, -0.2) is 31.7 Å². The zero-order chi connectivity index (χ0) is 20.3. The summed E-state index contributed by atoms with van der Waals surface area (Å²) in [7, 11) is -3.47. The smallest absolute Gasteiger partial charge is 0.227 e. The molecule has 1 aliphatic heterocycles. The lowest BCUT2D eigenvalue weighted by Crippen LogP contribution is -2.41. The van der Waals surface area contributed by atoms with Crippen molar-refractivity contribution in [1.29, 1.82) is 0 Å². The minimum Gasteiger partial charge on any atom is -0.326 e. The molecule has 1 N–H and O–H groups in total. The summed E-state index contributed by atoms with van der Waals surface area (Å²) in [5.74, 6) is -1.20. The highest BCUT2D eigenvalue weighted by Crippen LogP contribution is 2.25. The standard InChI is InChI=1S/C19H19Cl2FN2O3S/c20-15-3-1-13(2-4-15)12-28(26,27)24-9-7-14(8-10-24)19(25)23-16-5-6-18(22)17(21)11-16/h1-6,11,14H,7-10,12H2,(H,23,25). The third-order valence-corrected chi connectivity index (χ3v) is 7.06. The molecule has 1 heterocycles. The first-order valence-electron chi connectivity index (χ1n) is 8.73. The Morgan fingerprint density at radius 1 is 1.11 bits per heavy atom. The van der Waals surface area contributed by atoms with Crippen LogP contribution in [0, 0.1) is 11.7 Å². The number of piperidine rings is 1. The number of anilines is 1. The molecule has 0 aliphatic carbocycles. The van der Waals surface area contributed by atoms with Crippen molar-refractivity contribution in [2.45, 2.75) is 18.6 Å². The zero-order valence-corrected chi connectivity index (χ0v) is 17.2. The number of benzene rings is 2. The number of sulfonamides is 1. The van der Waals surface area contributed by atoms with E-state index in [2.05, 4.69) is 5.32 Å². The van der Waals surface area contributed by atoms with E-state index >= 15 is 0 Å². The molecule has 0 radical (unpaired) electrons. The molecule has 1 saturated heterocycles. The van der Waals surface area contributed by atoms with E-state index in [1.165, 1.54) is 22.5 Å². The number of carbonyl (C=O) groups excluding carboxylic acids is 1. The minimum absolute atomic E-state index is 0.0686. The van der Waals surface area contributed by atoms with E-state index in [1.807, 2.05) is 0 Å². The van der Waals surface area contributed by atoms with Gasteiger partial charge in [-0.3, -0.25) is 4.79 Å². The van der Waals surface area contributed by atoms with Gasteiger partial charge in [0.05, 0.1) is 10.8 Å². The van der Waals surface area contributed by atoms with Crippen LogP contribution in [0.15, 0.2) is 42.5 Å². The van der Waals surface area contributed by atoms with Crippen molar-refractivity contribution in [3.05, 3.63) is 63.9 Å². The number of carbonyl (C=O) groups is 1. The fourth-order valence-corrected chi connectivity index (χ4v) is 4.97. The molecule has 0 saturated carbocycles. The van der Waals surface area contributed by atoms with Crippen LogP contribution in [0.2, 0.25) is 10.0 Å². The lowest BCUT2D eigenvalue weighted by molar-refractivity contribution is -0.120. The second-order valence-corrected chi connectivity index (χ2v) is 9.49. The summed E-state index contributed by atoms with van der Waals surface area (Å²) >= 11 is 11.5. The average molecular weight is 445 g/mol. The van der Waals surface area contributed by atoms with Crippen molar-refractivity contribution in [3.8, 4) is 0 Å². The monoisotopic (exact) mass is 444 g/mol. The molecule has 0 unspecified atom stereocenters. The zero-order valence-electron chi connectivity index (χ0n) is 14.9. The van der Waals surface area contributed by atoms with E-state index in [-0.39, 0.29) is 35.7 Å². The molecular formula is C19H19Cl2FN2O3S. The fourth-order valence-electron chi connectivity index (χ4n) is 3.10. The van der Waals surface area contributed by atoms with Crippen LogP contribution >= 0.6 is 23.2 Å². The van der Waals surface area contributed by atoms with Gasteiger partial charge >= 0.3 is 0 Å². The predicted molar refractivity (Wildman–Crippen MR) is 108 cm³/mol. The number of rotatable bonds is 5. The fraction of sp³-hybridized carbons (Fsp3) is 0.316. The first-order chi connectivity index (χ1) is 13.2. The predicted octanol–water partition coefficient (Wildman–Crippen LogP) is 4.31. The van der Waals surface area contributed by atoms with Gasteiger partial charge in [0.1, 0.15) is 5.82 Å². The van der Waals surface area contributed by atoms with Gasteiger partial charge in [-0.25, -0.2) is 17.1 Å². The van der Waals surface area contributed by atoms with Crippen LogP contribution in [0.25, 0.3) is 0 Å². The van der Waals surface area contributed by atoms with Crippen LogP contribution in [-0.2, 0) is 20.6 Å². The molecule has 0 aromatic heterocycles. The largest absolute Gasteiger partial charge is 0.326 e. The summed E-state index contributed by atoms with van der Waals surface area (Å²) in [5.41, 5.74) is 1.08.